The van der Waals surface area contributed by atoms with E-state index in [0.717, 1.165) is 9.82 Å². The van der Waals surface area contributed by atoms with E-state index in [9.17, 15) is 9.59 Å². The number of carboxylic acids is 1. The minimum absolute atomic E-state index is 0.141. The molecule has 0 aliphatic rings. The molecule has 0 bridgehead atoms. The first kappa shape index (κ1) is 12.1. The van der Waals surface area contributed by atoms with Crippen molar-refractivity contribution in [3.63, 3.8) is 0 Å². The average molecular weight is 298 g/mol. The van der Waals surface area contributed by atoms with Crippen molar-refractivity contribution in [1.82, 2.24) is 3.56 Å². The number of benzene rings is 1. The van der Waals surface area contributed by atoms with Crippen LogP contribution in [-0.2, 0) is 4.79 Å². The second-order valence-corrected chi connectivity index (χ2v) is 6.00. The van der Waals surface area contributed by atoms with Gasteiger partial charge in [0.2, 0.25) is 0 Å². The molecule has 4 nitrogen and oxygen atoms in total. The standard InChI is InChI=1S/C12H13NO3Se/c1-3-9(12(15)16)13-11(14)8-6-4-5-7(2)10(8)17-13/h4-6,9H,3H2,1-2H3,(H,15,16). The van der Waals surface area contributed by atoms with Crippen molar-refractivity contribution in [2.45, 2.75) is 26.3 Å². The Hall–Kier alpha value is -1.32. The Kier molecular flexibility index (Phi) is 3.22. The number of hydrogen-bond donors (Lipinski definition) is 1. The molecule has 1 aromatic heterocycles. The molecule has 0 aliphatic heterocycles. The van der Waals surface area contributed by atoms with Crippen molar-refractivity contribution >= 4 is 30.3 Å². The normalized spacial score (nSPS) is 12.8. The van der Waals surface area contributed by atoms with Crippen molar-refractivity contribution in [2.75, 3.05) is 0 Å². The van der Waals surface area contributed by atoms with Gasteiger partial charge in [-0.1, -0.05) is 0 Å². The molecule has 0 fully saturated rings. The molecule has 90 valence electrons. The van der Waals surface area contributed by atoms with Gasteiger partial charge in [0.15, 0.2) is 0 Å². The van der Waals surface area contributed by atoms with Crippen LogP contribution in [-0.4, -0.2) is 29.4 Å². The summed E-state index contributed by atoms with van der Waals surface area (Å²) in [6, 6.07) is 4.88. The molecule has 0 amide bonds. The van der Waals surface area contributed by atoms with Gasteiger partial charge >= 0.3 is 104 Å². The number of hydrogen-bond acceptors (Lipinski definition) is 2. The molecule has 1 N–H and O–H groups in total. The Morgan fingerprint density at radius 1 is 1.53 bits per heavy atom. The van der Waals surface area contributed by atoms with Gasteiger partial charge in [-0.05, 0) is 0 Å². The third-order valence-electron chi connectivity index (χ3n) is 2.79. The summed E-state index contributed by atoms with van der Waals surface area (Å²) in [4.78, 5) is 23.2. The van der Waals surface area contributed by atoms with Gasteiger partial charge in [-0.2, -0.15) is 0 Å². The van der Waals surface area contributed by atoms with Crippen LogP contribution in [0.25, 0.3) is 9.65 Å². The minimum atomic E-state index is -0.923. The second-order valence-electron chi connectivity index (χ2n) is 3.94. The van der Waals surface area contributed by atoms with Crippen molar-refractivity contribution in [1.29, 1.82) is 0 Å². The van der Waals surface area contributed by atoms with E-state index in [1.165, 1.54) is 3.56 Å². The van der Waals surface area contributed by atoms with E-state index in [4.69, 9.17) is 5.11 Å². The number of nitrogens with zero attached hydrogens (tertiary/aromatic N) is 1. The Balaban J connectivity index is 2.72. The molecule has 1 atom stereocenters. The molecule has 0 aliphatic carbocycles. The molecule has 1 unspecified atom stereocenters. The quantitative estimate of drug-likeness (QED) is 0.871. The van der Waals surface area contributed by atoms with Crippen LogP contribution in [0.1, 0.15) is 24.9 Å². The summed E-state index contributed by atoms with van der Waals surface area (Å²) in [5, 5.41) is 9.79. The van der Waals surface area contributed by atoms with Crippen LogP contribution in [0, 0.1) is 6.92 Å². The van der Waals surface area contributed by atoms with Crippen LogP contribution in [0.5, 0.6) is 0 Å². The van der Waals surface area contributed by atoms with Gasteiger partial charge in [0.1, 0.15) is 0 Å². The number of carbonyl (C=O) groups is 1. The summed E-state index contributed by atoms with van der Waals surface area (Å²) < 4.78 is 2.53. The zero-order chi connectivity index (χ0) is 12.6. The zero-order valence-corrected chi connectivity index (χ0v) is 11.3. The molecule has 5 heteroatoms. The van der Waals surface area contributed by atoms with Crippen LogP contribution in [0.15, 0.2) is 23.0 Å². The zero-order valence-electron chi connectivity index (χ0n) is 9.64. The van der Waals surface area contributed by atoms with Crippen LogP contribution >= 0.6 is 0 Å². The van der Waals surface area contributed by atoms with Crippen molar-refractivity contribution in [3.05, 3.63) is 34.1 Å². The molecular weight excluding hydrogens is 285 g/mol. The summed E-state index contributed by atoms with van der Waals surface area (Å²) in [6.07, 6.45) is 0.440. The molecule has 1 heterocycles. The summed E-state index contributed by atoms with van der Waals surface area (Å²) in [5.41, 5.74) is 0.927. The van der Waals surface area contributed by atoms with E-state index in [0.29, 0.717) is 11.8 Å². The van der Waals surface area contributed by atoms with Gasteiger partial charge in [0.05, 0.1) is 0 Å². The van der Waals surface area contributed by atoms with E-state index in [-0.39, 0.29) is 20.3 Å². The summed E-state index contributed by atoms with van der Waals surface area (Å²) in [6.45, 7) is 3.75. The number of fused-ring (bicyclic) bond motifs is 1. The van der Waals surface area contributed by atoms with Crippen LogP contribution in [0.2, 0.25) is 0 Å². The predicted octanol–water partition coefficient (Wildman–Crippen LogP) is 1.40. The maximum absolute atomic E-state index is 12.1. The molecule has 2 aromatic rings. The van der Waals surface area contributed by atoms with Gasteiger partial charge in [-0.25, -0.2) is 0 Å². The second kappa shape index (κ2) is 4.51. The van der Waals surface area contributed by atoms with Crippen LogP contribution in [0.3, 0.4) is 0 Å². The molecule has 0 saturated carbocycles. The molecule has 0 spiro atoms. The SMILES string of the molecule is CCC(C(=O)O)n1[se]c2c(C)cccc2c1=O. The predicted molar refractivity (Wildman–Crippen MR) is 66.8 cm³/mol. The van der Waals surface area contributed by atoms with Crippen molar-refractivity contribution < 1.29 is 9.90 Å². The summed E-state index contributed by atoms with van der Waals surface area (Å²) >= 11 is -0.211. The van der Waals surface area contributed by atoms with E-state index in [1.807, 2.05) is 19.1 Å². The maximum atomic E-state index is 12.1. The average Bonchev–Trinajstić information content (AvgIpc) is 2.60. The van der Waals surface area contributed by atoms with Gasteiger partial charge < -0.3 is 0 Å². The van der Waals surface area contributed by atoms with Crippen molar-refractivity contribution in [3.8, 4) is 0 Å². The number of aliphatic carboxylic acids is 1. The van der Waals surface area contributed by atoms with Gasteiger partial charge in [0, 0.05) is 0 Å². The fourth-order valence-corrected chi connectivity index (χ4v) is 4.39. The van der Waals surface area contributed by atoms with Gasteiger partial charge in [-0.15, -0.1) is 0 Å². The first-order chi connectivity index (χ1) is 8.06. The Bertz CT molecular complexity index is 626. The van der Waals surface area contributed by atoms with Crippen molar-refractivity contribution in [2.24, 2.45) is 0 Å². The third kappa shape index (κ3) is 1.96. The Morgan fingerprint density at radius 2 is 2.24 bits per heavy atom. The molecule has 1 aromatic carbocycles. The fraction of sp³-hybridized carbons (Fsp3) is 0.333. The molecule has 0 saturated heterocycles. The van der Waals surface area contributed by atoms with E-state index in [2.05, 4.69) is 0 Å². The first-order valence-electron chi connectivity index (χ1n) is 5.40. The number of carboxylic acid groups (broad SMARTS) is 1. The third-order valence-corrected chi connectivity index (χ3v) is 5.60. The van der Waals surface area contributed by atoms with E-state index >= 15 is 0 Å². The van der Waals surface area contributed by atoms with Crippen LogP contribution < -0.4 is 5.56 Å². The van der Waals surface area contributed by atoms with Gasteiger partial charge in [0.25, 0.3) is 0 Å². The van der Waals surface area contributed by atoms with E-state index in [1.54, 1.807) is 13.0 Å². The Morgan fingerprint density at radius 3 is 2.76 bits per heavy atom. The summed E-state index contributed by atoms with van der Waals surface area (Å²) in [5.74, 6) is -0.923. The number of rotatable bonds is 3. The fourth-order valence-electron chi connectivity index (χ4n) is 1.85. The molecule has 2 rings (SSSR count). The topological polar surface area (TPSA) is 59.3 Å². The van der Waals surface area contributed by atoms with Crippen LogP contribution in [0.4, 0.5) is 0 Å². The monoisotopic (exact) mass is 299 g/mol. The molecular formula is C12H13NO3Se. The van der Waals surface area contributed by atoms with Gasteiger partial charge in [-0.3, -0.25) is 0 Å². The molecule has 17 heavy (non-hydrogen) atoms. The molecule has 0 radical (unpaired) electrons. The Labute approximate surface area is 104 Å². The first-order valence-corrected chi connectivity index (χ1v) is 7.02. The summed E-state index contributed by atoms with van der Waals surface area (Å²) in [7, 11) is 0. The number of aryl methyl sites for hydroxylation is 1. The van der Waals surface area contributed by atoms with E-state index < -0.39 is 12.0 Å². The number of aromatic nitrogens is 1.